The monoisotopic (exact) mass is 260 g/mol. The molecule has 4 rings (SSSR count). The molecule has 0 spiro atoms. The van der Waals surface area contributed by atoms with Gasteiger partial charge in [-0.1, -0.05) is 25.0 Å². The Kier molecular flexibility index (Phi) is 2.85. The van der Waals surface area contributed by atoms with Crippen LogP contribution in [0.5, 0.6) is 0 Å². The minimum Gasteiger partial charge on any atom is -0.389 e. The van der Waals surface area contributed by atoms with Crippen LogP contribution >= 0.6 is 0 Å². The summed E-state index contributed by atoms with van der Waals surface area (Å²) >= 11 is 0. The van der Waals surface area contributed by atoms with Gasteiger partial charge in [-0.25, -0.2) is 0 Å². The van der Waals surface area contributed by atoms with E-state index in [9.17, 15) is 5.11 Å². The minimum absolute atomic E-state index is 0.136. The van der Waals surface area contributed by atoms with Gasteiger partial charge in [0, 0.05) is 0 Å². The van der Waals surface area contributed by atoms with E-state index in [2.05, 4.69) is 13.0 Å². The lowest BCUT2D eigenvalue weighted by Gasteiger charge is -2.53. The zero-order chi connectivity index (χ0) is 13.0. The zero-order valence-corrected chi connectivity index (χ0v) is 12.3. The van der Waals surface area contributed by atoms with Gasteiger partial charge in [0.1, 0.15) is 0 Å². The smallest absolute Gasteiger partial charge is 0.0723 e. The Morgan fingerprint density at radius 2 is 1.95 bits per heavy atom. The summed E-state index contributed by atoms with van der Waals surface area (Å²) in [6, 6.07) is 0. The molecule has 106 valence electrons. The Morgan fingerprint density at radius 1 is 1.05 bits per heavy atom. The molecule has 1 heteroatoms. The lowest BCUT2D eigenvalue weighted by Crippen LogP contribution is -2.44. The highest BCUT2D eigenvalue weighted by Gasteiger charge is 2.52. The van der Waals surface area contributed by atoms with Crippen LogP contribution in [0.15, 0.2) is 11.6 Å². The molecule has 0 bridgehead atoms. The fourth-order valence-electron chi connectivity index (χ4n) is 6.31. The van der Waals surface area contributed by atoms with Crippen LogP contribution in [0, 0.1) is 29.1 Å². The predicted octanol–water partition coefficient (Wildman–Crippen LogP) is 4.31. The first kappa shape index (κ1) is 12.4. The molecule has 0 aliphatic heterocycles. The molecule has 1 N–H and O–H groups in total. The van der Waals surface area contributed by atoms with E-state index in [0.717, 1.165) is 30.1 Å². The van der Waals surface area contributed by atoms with Crippen molar-refractivity contribution in [2.75, 3.05) is 0 Å². The van der Waals surface area contributed by atoms with Gasteiger partial charge >= 0.3 is 0 Å². The van der Waals surface area contributed by atoms with Gasteiger partial charge in [0.05, 0.1) is 6.10 Å². The molecule has 0 aromatic carbocycles. The summed E-state index contributed by atoms with van der Waals surface area (Å²) in [6.45, 7) is 2.58. The highest BCUT2D eigenvalue weighted by molar-refractivity contribution is 5.19. The molecule has 0 aromatic heterocycles. The highest BCUT2D eigenvalue weighted by atomic mass is 16.3. The molecule has 4 aliphatic rings. The summed E-state index contributed by atoms with van der Waals surface area (Å²) in [4.78, 5) is 0. The van der Waals surface area contributed by atoms with E-state index in [1.807, 2.05) is 0 Å². The number of hydrogen-bond acceptors (Lipinski definition) is 1. The molecule has 0 aromatic rings. The van der Waals surface area contributed by atoms with Crippen LogP contribution in [0.3, 0.4) is 0 Å². The first-order valence-electron chi connectivity index (χ1n) is 8.56. The van der Waals surface area contributed by atoms with Crippen LogP contribution in [0.1, 0.15) is 64.7 Å². The molecule has 3 saturated carbocycles. The Morgan fingerprint density at radius 3 is 2.84 bits per heavy atom. The molecular weight excluding hydrogens is 232 g/mol. The van der Waals surface area contributed by atoms with E-state index in [0.29, 0.717) is 5.41 Å². The Bertz CT molecular complexity index is 398. The van der Waals surface area contributed by atoms with Crippen LogP contribution < -0.4 is 0 Å². The second kappa shape index (κ2) is 4.35. The van der Waals surface area contributed by atoms with Gasteiger partial charge in [0.25, 0.3) is 0 Å². The Hall–Kier alpha value is -0.300. The van der Waals surface area contributed by atoms with E-state index in [4.69, 9.17) is 0 Å². The summed E-state index contributed by atoms with van der Waals surface area (Å²) in [5.41, 5.74) is 2.32. The third kappa shape index (κ3) is 1.84. The van der Waals surface area contributed by atoms with Crippen molar-refractivity contribution >= 4 is 0 Å². The van der Waals surface area contributed by atoms with Crippen molar-refractivity contribution in [3.05, 3.63) is 11.6 Å². The number of allylic oxidation sites excluding steroid dienone is 1. The molecule has 1 unspecified atom stereocenters. The van der Waals surface area contributed by atoms with Crippen LogP contribution in [-0.4, -0.2) is 11.2 Å². The molecular formula is C18H28O. The van der Waals surface area contributed by atoms with Crippen LogP contribution in [-0.2, 0) is 0 Å². The van der Waals surface area contributed by atoms with Crippen LogP contribution in [0.2, 0.25) is 0 Å². The van der Waals surface area contributed by atoms with Crippen LogP contribution in [0.25, 0.3) is 0 Å². The molecule has 1 nitrogen and oxygen atoms in total. The summed E-state index contributed by atoms with van der Waals surface area (Å²) in [6.07, 6.45) is 14.5. The first-order chi connectivity index (χ1) is 9.17. The lowest BCUT2D eigenvalue weighted by atomic mass is 9.52. The maximum atomic E-state index is 9.86. The number of aliphatic hydroxyl groups excluding tert-OH is 1. The predicted molar refractivity (Wildman–Crippen MR) is 77.7 cm³/mol. The van der Waals surface area contributed by atoms with E-state index in [-0.39, 0.29) is 6.10 Å². The van der Waals surface area contributed by atoms with Gasteiger partial charge in [0.2, 0.25) is 0 Å². The van der Waals surface area contributed by atoms with Crippen molar-refractivity contribution in [3.63, 3.8) is 0 Å². The SMILES string of the molecule is C[C@@]12CCC[C@H]1[C@@H]1CCC3=CC(O)CC[C@@H]3[C@H]1CC2. The fraction of sp³-hybridized carbons (Fsp3) is 0.889. The molecule has 0 saturated heterocycles. The van der Waals surface area contributed by atoms with Crippen molar-refractivity contribution in [2.45, 2.75) is 70.8 Å². The largest absolute Gasteiger partial charge is 0.389 e. The average molecular weight is 260 g/mol. The van der Waals surface area contributed by atoms with Gasteiger partial charge in [-0.05, 0) is 80.5 Å². The van der Waals surface area contributed by atoms with Crippen molar-refractivity contribution < 1.29 is 5.11 Å². The van der Waals surface area contributed by atoms with Crippen molar-refractivity contribution in [2.24, 2.45) is 29.1 Å². The van der Waals surface area contributed by atoms with E-state index < -0.39 is 0 Å². The van der Waals surface area contributed by atoms with Gasteiger partial charge in [0.15, 0.2) is 0 Å². The molecule has 19 heavy (non-hydrogen) atoms. The first-order valence-corrected chi connectivity index (χ1v) is 8.56. The maximum Gasteiger partial charge on any atom is 0.0723 e. The Balaban J connectivity index is 1.61. The molecule has 3 fully saturated rings. The maximum absolute atomic E-state index is 9.86. The molecule has 0 radical (unpaired) electrons. The summed E-state index contributed by atoms with van der Waals surface area (Å²) in [7, 11) is 0. The normalized spacial score (nSPS) is 52.9. The lowest BCUT2D eigenvalue weighted by molar-refractivity contribution is -0.00504. The molecule has 0 amide bonds. The molecule has 6 atom stereocenters. The second-order valence-corrected chi connectivity index (χ2v) is 8.05. The summed E-state index contributed by atoms with van der Waals surface area (Å²) in [5.74, 6) is 3.84. The van der Waals surface area contributed by atoms with Gasteiger partial charge in [-0.3, -0.25) is 0 Å². The minimum atomic E-state index is -0.136. The molecule has 4 aliphatic carbocycles. The van der Waals surface area contributed by atoms with E-state index in [1.54, 1.807) is 5.57 Å². The van der Waals surface area contributed by atoms with Gasteiger partial charge in [-0.2, -0.15) is 0 Å². The number of fused-ring (bicyclic) bond motifs is 5. The van der Waals surface area contributed by atoms with E-state index >= 15 is 0 Å². The topological polar surface area (TPSA) is 20.2 Å². The zero-order valence-electron chi connectivity index (χ0n) is 12.3. The fourth-order valence-corrected chi connectivity index (χ4v) is 6.31. The third-order valence-corrected chi connectivity index (χ3v) is 7.21. The standard InChI is InChI=1S/C18H28O/c1-18-9-2-3-17(18)16-6-4-12-11-13(19)5-7-14(12)15(16)8-10-18/h11,13-17,19H,2-10H2,1H3/t13?,14-,15+,16+,17-,18-/m0/s1. The average Bonchev–Trinajstić information content (AvgIpc) is 2.79. The van der Waals surface area contributed by atoms with Gasteiger partial charge in [-0.15, -0.1) is 0 Å². The number of rotatable bonds is 0. The summed E-state index contributed by atoms with van der Waals surface area (Å²) < 4.78 is 0. The second-order valence-electron chi connectivity index (χ2n) is 8.05. The third-order valence-electron chi connectivity index (χ3n) is 7.21. The Labute approximate surface area is 117 Å². The highest BCUT2D eigenvalue weighted by Crippen LogP contribution is 2.61. The number of hydrogen-bond donors (Lipinski definition) is 1. The van der Waals surface area contributed by atoms with Crippen LogP contribution in [0.4, 0.5) is 0 Å². The number of aliphatic hydroxyl groups is 1. The quantitative estimate of drug-likeness (QED) is 0.643. The van der Waals surface area contributed by atoms with E-state index in [1.165, 1.54) is 51.4 Å². The van der Waals surface area contributed by atoms with Gasteiger partial charge < -0.3 is 5.11 Å². The van der Waals surface area contributed by atoms with Crippen molar-refractivity contribution in [1.29, 1.82) is 0 Å². The van der Waals surface area contributed by atoms with Crippen molar-refractivity contribution in [3.8, 4) is 0 Å². The summed E-state index contributed by atoms with van der Waals surface area (Å²) in [5, 5.41) is 9.86. The van der Waals surface area contributed by atoms with Crippen molar-refractivity contribution in [1.82, 2.24) is 0 Å². The molecule has 0 heterocycles.